The van der Waals surface area contributed by atoms with Gasteiger partial charge in [0, 0.05) is 36.5 Å². The number of carbonyl (C=O) groups excluding carboxylic acids is 1. The van der Waals surface area contributed by atoms with E-state index in [9.17, 15) is 9.18 Å². The van der Waals surface area contributed by atoms with Gasteiger partial charge in [-0.2, -0.15) is 4.39 Å². The summed E-state index contributed by atoms with van der Waals surface area (Å²) in [6.07, 6.45) is 5.80. The first kappa shape index (κ1) is 22.6. The standard InChI is InChI=1S/C27H25FN4O3/c1-4-24(33)31-13-12-19(16-31)27-30-26(21-15-29-14-17(2)32(21)27)18-8-10-20(11-9-18)35-23-7-5-6-22(34-3)25(23)28/h4-11,14-15,19H,1,12-13,16H2,2-3H3/t19-/m1/s1. The molecule has 0 unspecified atom stereocenters. The van der Waals surface area contributed by atoms with Gasteiger partial charge in [0.1, 0.15) is 11.6 Å². The molecule has 0 aliphatic carbocycles. The van der Waals surface area contributed by atoms with Crippen LogP contribution in [0.4, 0.5) is 4.39 Å². The Morgan fingerprint density at radius 2 is 1.94 bits per heavy atom. The highest BCUT2D eigenvalue weighted by Crippen LogP contribution is 2.35. The molecule has 1 aliphatic rings. The third-order valence-corrected chi connectivity index (χ3v) is 6.29. The second-order valence-electron chi connectivity index (χ2n) is 8.46. The van der Waals surface area contributed by atoms with Crippen molar-refractivity contribution in [1.82, 2.24) is 19.3 Å². The van der Waals surface area contributed by atoms with Crippen molar-refractivity contribution in [2.45, 2.75) is 19.3 Å². The molecule has 2 aromatic carbocycles. The highest BCUT2D eigenvalue weighted by molar-refractivity contribution is 5.87. The van der Waals surface area contributed by atoms with Gasteiger partial charge in [0.15, 0.2) is 11.5 Å². The van der Waals surface area contributed by atoms with Crippen molar-refractivity contribution in [1.29, 1.82) is 0 Å². The predicted molar refractivity (Wildman–Crippen MR) is 130 cm³/mol. The number of aromatic nitrogens is 3. The van der Waals surface area contributed by atoms with Gasteiger partial charge < -0.3 is 14.4 Å². The zero-order chi connectivity index (χ0) is 24.5. The van der Waals surface area contributed by atoms with E-state index in [-0.39, 0.29) is 23.3 Å². The van der Waals surface area contributed by atoms with Gasteiger partial charge in [-0.1, -0.05) is 12.6 Å². The maximum absolute atomic E-state index is 14.5. The molecule has 2 aromatic heterocycles. The average Bonchev–Trinajstić information content (AvgIpc) is 3.51. The summed E-state index contributed by atoms with van der Waals surface area (Å²) in [7, 11) is 1.41. The molecule has 0 spiro atoms. The summed E-state index contributed by atoms with van der Waals surface area (Å²) in [5.41, 5.74) is 3.54. The predicted octanol–water partition coefficient (Wildman–Crippen LogP) is 5.15. The minimum atomic E-state index is -0.550. The number of methoxy groups -OCH3 is 1. The fourth-order valence-electron chi connectivity index (χ4n) is 4.54. The number of likely N-dealkylation sites (tertiary alicyclic amines) is 1. The topological polar surface area (TPSA) is 69.0 Å². The molecule has 7 nitrogen and oxygen atoms in total. The molecule has 1 atom stereocenters. The van der Waals surface area contributed by atoms with Crippen LogP contribution in [-0.2, 0) is 4.79 Å². The van der Waals surface area contributed by atoms with Crippen LogP contribution in [0, 0.1) is 12.7 Å². The number of rotatable bonds is 6. The number of amides is 1. The summed E-state index contributed by atoms with van der Waals surface area (Å²) in [6.45, 7) is 6.87. The number of hydrogen-bond acceptors (Lipinski definition) is 5. The van der Waals surface area contributed by atoms with Gasteiger partial charge in [0.05, 0.1) is 24.5 Å². The summed E-state index contributed by atoms with van der Waals surface area (Å²) in [5.74, 6) is 1.12. The lowest BCUT2D eigenvalue weighted by Crippen LogP contribution is -2.26. The molecule has 0 N–H and O–H groups in total. The molecule has 0 bridgehead atoms. The van der Waals surface area contributed by atoms with Crippen molar-refractivity contribution in [3.05, 3.63) is 84.8 Å². The summed E-state index contributed by atoms with van der Waals surface area (Å²) >= 11 is 0. The van der Waals surface area contributed by atoms with Crippen LogP contribution in [0.3, 0.4) is 0 Å². The number of benzene rings is 2. The Balaban J connectivity index is 1.47. The van der Waals surface area contributed by atoms with Gasteiger partial charge in [-0.05, 0) is 55.8 Å². The zero-order valence-electron chi connectivity index (χ0n) is 19.6. The Labute approximate surface area is 202 Å². The largest absolute Gasteiger partial charge is 0.494 e. The fourth-order valence-corrected chi connectivity index (χ4v) is 4.54. The molecule has 35 heavy (non-hydrogen) atoms. The lowest BCUT2D eigenvalue weighted by atomic mass is 10.1. The molecule has 1 aliphatic heterocycles. The lowest BCUT2D eigenvalue weighted by molar-refractivity contribution is -0.125. The second-order valence-corrected chi connectivity index (χ2v) is 8.46. The highest BCUT2D eigenvalue weighted by Gasteiger charge is 2.30. The number of hydrogen-bond donors (Lipinski definition) is 0. The smallest absolute Gasteiger partial charge is 0.245 e. The van der Waals surface area contributed by atoms with Gasteiger partial charge >= 0.3 is 0 Å². The molecule has 1 amide bonds. The van der Waals surface area contributed by atoms with E-state index in [1.54, 1.807) is 41.4 Å². The molecule has 0 saturated carbocycles. The molecule has 5 rings (SSSR count). The molecule has 1 saturated heterocycles. The zero-order valence-corrected chi connectivity index (χ0v) is 19.6. The van der Waals surface area contributed by atoms with Crippen LogP contribution >= 0.6 is 0 Å². The quantitative estimate of drug-likeness (QED) is 0.363. The van der Waals surface area contributed by atoms with E-state index in [4.69, 9.17) is 14.5 Å². The SMILES string of the molecule is C=CC(=O)N1CC[C@@H](c2nc(-c3ccc(Oc4cccc(OC)c4F)cc3)c3cncc(C)n23)C1. The van der Waals surface area contributed by atoms with E-state index in [0.717, 1.165) is 34.7 Å². The van der Waals surface area contributed by atoms with Crippen molar-refractivity contribution < 1.29 is 18.7 Å². The molecule has 4 aromatic rings. The molecule has 0 radical (unpaired) electrons. The Kier molecular flexibility index (Phi) is 5.94. The van der Waals surface area contributed by atoms with E-state index < -0.39 is 5.82 Å². The van der Waals surface area contributed by atoms with Crippen molar-refractivity contribution in [3.63, 3.8) is 0 Å². The van der Waals surface area contributed by atoms with Gasteiger partial charge in [-0.3, -0.25) is 14.2 Å². The third-order valence-electron chi connectivity index (χ3n) is 6.29. The Morgan fingerprint density at radius 3 is 2.69 bits per heavy atom. The number of aryl methyl sites for hydroxylation is 1. The molecule has 3 heterocycles. The van der Waals surface area contributed by atoms with Crippen LogP contribution in [0.2, 0.25) is 0 Å². The number of carbonyl (C=O) groups is 1. The maximum Gasteiger partial charge on any atom is 0.245 e. The van der Waals surface area contributed by atoms with Crippen LogP contribution in [-0.4, -0.2) is 45.4 Å². The Hall–Kier alpha value is -4.20. The van der Waals surface area contributed by atoms with Crippen molar-refractivity contribution in [2.75, 3.05) is 20.2 Å². The second kappa shape index (κ2) is 9.21. The van der Waals surface area contributed by atoms with E-state index in [0.29, 0.717) is 18.8 Å². The number of halogens is 1. The maximum atomic E-state index is 14.5. The Morgan fingerprint density at radius 1 is 1.17 bits per heavy atom. The van der Waals surface area contributed by atoms with E-state index in [1.807, 2.05) is 25.3 Å². The highest BCUT2D eigenvalue weighted by atomic mass is 19.1. The molecule has 1 fully saturated rings. The van der Waals surface area contributed by atoms with Gasteiger partial charge in [-0.15, -0.1) is 0 Å². The Bertz CT molecular complexity index is 1410. The van der Waals surface area contributed by atoms with Crippen molar-refractivity contribution in [2.24, 2.45) is 0 Å². The number of imidazole rings is 1. The van der Waals surface area contributed by atoms with Gasteiger partial charge in [0.25, 0.3) is 0 Å². The normalized spacial score (nSPS) is 15.4. The number of ether oxygens (including phenoxy) is 2. The summed E-state index contributed by atoms with van der Waals surface area (Å²) in [6, 6.07) is 12.1. The van der Waals surface area contributed by atoms with Crippen molar-refractivity contribution >= 4 is 11.4 Å². The average molecular weight is 473 g/mol. The molecule has 178 valence electrons. The van der Waals surface area contributed by atoms with Crippen molar-refractivity contribution in [3.8, 4) is 28.5 Å². The number of nitrogens with zero attached hydrogens (tertiary/aromatic N) is 4. The first-order valence-corrected chi connectivity index (χ1v) is 11.3. The third kappa shape index (κ3) is 4.12. The fraction of sp³-hybridized carbons (Fsp3) is 0.222. The molecular weight excluding hydrogens is 447 g/mol. The first-order valence-electron chi connectivity index (χ1n) is 11.3. The van der Waals surface area contributed by atoms with Gasteiger partial charge in [-0.25, -0.2) is 4.98 Å². The monoisotopic (exact) mass is 472 g/mol. The van der Waals surface area contributed by atoms with Crippen LogP contribution in [0.1, 0.15) is 23.9 Å². The van der Waals surface area contributed by atoms with Crippen LogP contribution in [0.15, 0.2) is 67.5 Å². The van der Waals surface area contributed by atoms with E-state index in [2.05, 4.69) is 16.0 Å². The summed E-state index contributed by atoms with van der Waals surface area (Å²) < 4.78 is 27.3. The number of fused-ring (bicyclic) bond motifs is 1. The molecule has 8 heteroatoms. The van der Waals surface area contributed by atoms with Crippen LogP contribution in [0.5, 0.6) is 17.2 Å². The lowest BCUT2D eigenvalue weighted by Gasteiger charge is -2.14. The summed E-state index contributed by atoms with van der Waals surface area (Å²) in [5, 5.41) is 0. The molecular formula is C27H25FN4O3. The minimum absolute atomic E-state index is 0.0602. The minimum Gasteiger partial charge on any atom is -0.494 e. The van der Waals surface area contributed by atoms with E-state index >= 15 is 0 Å². The summed E-state index contributed by atoms with van der Waals surface area (Å²) in [4.78, 5) is 23.3. The van der Waals surface area contributed by atoms with Crippen LogP contribution in [0.25, 0.3) is 16.8 Å². The van der Waals surface area contributed by atoms with Gasteiger partial charge in [0.2, 0.25) is 11.7 Å². The van der Waals surface area contributed by atoms with E-state index in [1.165, 1.54) is 13.2 Å². The first-order chi connectivity index (χ1) is 17.0. The van der Waals surface area contributed by atoms with Crippen LogP contribution < -0.4 is 9.47 Å².